The molecule has 0 amide bonds. The summed E-state index contributed by atoms with van der Waals surface area (Å²) >= 11 is 0. The van der Waals surface area contributed by atoms with Gasteiger partial charge in [0.25, 0.3) is 0 Å². The third-order valence-electron chi connectivity index (χ3n) is 2.76. The van der Waals surface area contributed by atoms with E-state index >= 15 is 0 Å². The molecule has 0 aliphatic rings. The van der Waals surface area contributed by atoms with Gasteiger partial charge in [-0.25, -0.2) is 0 Å². The summed E-state index contributed by atoms with van der Waals surface area (Å²) in [5, 5.41) is 17.4. The van der Waals surface area contributed by atoms with E-state index in [1.165, 1.54) is 5.56 Å². The Morgan fingerprint density at radius 3 is 2.83 bits per heavy atom. The number of ether oxygens (including phenoxy) is 1. The second-order valence-electron chi connectivity index (χ2n) is 4.11. The minimum atomic E-state index is -0.122. The van der Waals surface area contributed by atoms with Crippen LogP contribution in [0, 0.1) is 6.92 Å². The summed E-state index contributed by atoms with van der Waals surface area (Å²) < 4.78 is 6.96. The smallest absolute Gasteiger partial charge is 0.164 e. The van der Waals surface area contributed by atoms with Crippen LogP contribution in [0.2, 0.25) is 0 Å². The van der Waals surface area contributed by atoms with Crippen LogP contribution in [0.4, 0.5) is 0 Å². The number of hydrogen-bond donors (Lipinski definition) is 1. The van der Waals surface area contributed by atoms with Gasteiger partial charge in [-0.1, -0.05) is 23.8 Å². The molecular formula is C13H17N3O2. The highest BCUT2D eigenvalue weighted by Crippen LogP contribution is 2.19. The maximum atomic E-state index is 9.27. The average molecular weight is 247 g/mol. The largest absolute Gasteiger partial charge is 0.388 e. The number of rotatable bonds is 5. The number of aliphatic hydroxyl groups is 1. The average Bonchev–Trinajstić information content (AvgIpc) is 2.79. The molecule has 0 saturated carbocycles. The summed E-state index contributed by atoms with van der Waals surface area (Å²) in [7, 11) is 1.65. The van der Waals surface area contributed by atoms with Gasteiger partial charge in [0.2, 0.25) is 0 Å². The molecule has 96 valence electrons. The Balaban J connectivity index is 2.40. The molecule has 2 aromatic rings. The predicted molar refractivity (Wildman–Crippen MR) is 68.0 cm³/mol. The topological polar surface area (TPSA) is 60.2 Å². The van der Waals surface area contributed by atoms with E-state index < -0.39 is 0 Å². The third-order valence-corrected chi connectivity index (χ3v) is 2.76. The minimum Gasteiger partial charge on any atom is -0.388 e. The molecule has 1 aromatic carbocycles. The van der Waals surface area contributed by atoms with Gasteiger partial charge in [0.15, 0.2) is 11.6 Å². The first kappa shape index (κ1) is 12.7. The van der Waals surface area contributed by atoms with E-state index in [1.54, 1.807) is 7.11 Å². The summed E-state index contributed by atoms with van der Waals surface area (Å²) in [6.45, 7) is 3.10. The van der Waals surface area contributed by atoms with E-state index in [4.69, 9.17) is 4.74 Å². The maximum Gasteiger partial charge on any atom is 0.164 e. The fourth-order valence-corrected chi connectivity index (χ4v) is 1.87. The molecule has 0 spiro atoms. The summed E-state index contributed by atoms with van der Waals surface area (Å²) in [6, 6.07) is 8.06. The van der Waals surface area contributed by atoms with Crippen molar-refractivity contribution in [2.24, 2.45) is 0 Å². The first-order valence-electron chi connectivity index (χ1n) is 5.85. The quantitative estimate of drug-likeness (QED) is 0.867. The molecule has 1 aromatic heterocycles. The van der Waals surface area contributed by atoms with E-state index in [-0.39, 0.29) is 6.61 Å². The van der Waals surface area contributed by atoms with Crippen molar-refractivity contribution < 1.29 is 9.84 Å². The standard InChI is InChI=1S/C13H17N3O2/c1-10-4-3-5-11(8-10)13-15-14-12(9-17)16(13)6-7-18-2/h3-5,8,17H,6-7,9H2,1-2H3. The van der Waals surface area contributed by atoms with Crippen LogP contribution in [0.15, 0.2) is 24.3 Å². The van der Waals surface area contributed by atoms with Crippen molar-refractivity contribution in [2.45, 2.75) is 20.1 Å². The highest BCUT2D eigenvalue weighted by molar-refractivity contribution is 5.56. The van der Waals surface area contributed by atoms with Gasteiger partial charge in [-0.15, -0.1) is 10.2 Å². The van der Waals surface area contributed by atoms with Crippen LogP contribution in [-0.4, -0.2) is 33.6 Å². The SMILES string of the molecule is COCCn1c(CO)nnc1-c1cccc(C)c1. The molecule has 1 N–H and O–H groups in total. The second-order valence-corrected chi connectivity index (χ2v) is 4.11. The van der Waals surface area contributed by atoms with Gasteiger partial charge < -0.3 is 14.4 Å². The molecule has 1 heterocycles. The van der Waals surface area contributed by atoms with Crippen LogP contribution in [0.1, 0.15) is 11.4 Å². The number of aryl methyl sites for hydroxylation is 1. The van der Waals surface area contributed by atoms with E-state index in [0.717, 1.165) is 11.4 Å². The summed E-state index contributed by atoms with van der Waals surface area (Å²) in [6.07, 6.45) is 0. The molecule has 0 unspecified atom stereocenters. The number of benzene rings is 1. The van der Waals surface area contributed by atoms with Crippen molar-refractivity contribution in [3.8, 4) is 11.4 Å². The van der Waals surface area contributed by atoms with Crippen LogP contribution >= 0.6 is 0 Å². The van der Waals surface area contributed by atoms with Crippen LogP contribution in [0.25, 0.3) is 11.4 Å². The van der Waals surface area contributed by atoms with E-state index in [0.29, 0.717) is 19.0 Å². The molecule has 0 aliphatic carbocycles. The van der Waals surface area contributed by atoms with Crippen LogP contribution in [0.5, 0.6) is 0 Å². The fraction of sp³-hybridized carbons (Fsp3) is 0.385. The van der Waals surface area contributed by atoms with E-state index in [2.05, 4.69) is 16.3 Å². The maximum absolute atomic E-state index is 9.27. The zero-order valence-electron chi connectivity index (χ0n) is 10.6. The van der Waals surface area contributed by atoms with Crippen molar-refractivity contribution in [3.63, 3.8) is 0 Å². The number of nitrogens with zero attached hydrogens (tertiary/aromatic N) is 3. The number of aromatic nitrogens is 3. The van der Waals surface area contributed by atoms with Gasteiger partial charge in [0, 0.05) is 19.2 Å². The molecular weight excluding hydrogens is 230 g/mol. The molecule has 2 rings (SSSR count). The lowest BCUT2D eigenvalue weighted by Crippen LogP contribution is -2.10. The summed E-state index contributed by atoms with van der Waals surface area (Å²) in [5.74, 6) is 1.32. The molecule has 0 bridgehead atoms. The number of aliphatic hydroxyl groups excluding tert-OH is 1. The lowest BCUT2D eigenvalue weighted by atomic mass is 10.1. The van der Waals surface area contributed by atoms with Gasteiger partial charge in [0.05, 0.1) is 6.61 Å². The van der Waals surface area contributed by atoms with Gasteiger partial charge in [-0.3, -0.25) is 0 Å². The predicted octanol–water partition coefficient (Wildman–Crippen LogP) is 1.39. The Hall–Kier alpha value is -1.72. The minimum absolute atomic E-state index is 0.122. The van der Waals surface area contributed by atoms with Crippen molar-refractivity contribution in [1.82, 2.24) is 14.8 Å². The van der Waals surface area contributed by atoms with Crippen molar-refractivity contribution >= 4 is 0 Å². The Morgan fingerprint density at radius 2 is 2.17 bits per heavy atom. The lowest BCUT2D eigenvalue weighted by molar-refractivity contribution is 0.183. The molecule has 5 heteroatoms. The Bertz CT molecular complexity index is 523. The first-order valence-corrected chi connectivity index (χ1v) is 5.85. The van der Waals surface area contributed by atoms with Crippen molar-refractivity contribution in [1.29, 1.82) is 0 Å². The molecule has 0 radical (unpaired) electrons. The Morgan fingerprint density at radius 1 is 1.33 bits per heavy atom. The zero-order chi connectivity index (χ0) is 13.0. The van der Waals surface area contributed by atoms with Gasteiger partial charge in [0.1, 0.15) is 6.61 Å². The first-order chi connectivity index (χ1) is 8.76. The zero-order valence-corrected chi connectivity index (χ0v) is 10.6. The second kappa shape index (κ2) is 5.75. The van der Waals surface area contributed by atoms with Gasteiger partial charge in [-0.05, 0) is 13.0 Å². The third kappa shape index (κ3) is 2.57. The van der Waals surface area contributed by atoms with Crippen LogP contribution < -0.4 is 0 Å². The normalized spacial score (nSPS) is 10.8. The molecule has 0 atom stereocenters. The molecule has 0 saturated heterocycles. The van der Waals surface area contributed by atoms with Crippen molar-refractivity contribution in [2.75, 3.05) is 13.7 Å². The Kier molecular flexibility index (Phi) is 4.07. The monoisotopic (exact) mass is 247 g/mol. The van der Waals surface area contributed by atoms with Crippen LogP contribution in [-0.2, 0) is 17.9 Å². The van der Waals surface area contributed by atoms with Gasteiger partial charge >= 0.3 is 0 Å². The number of methoxy groups -OCH3 is 1. The van der Waals surface area contributed by atoms with E-state index in [9.17, 15) is 5.11 Å². The molecule has 0 fully saturated rings. The fourth-order valence-electron chi connectivity index (χ4n) is 1.87. The lowest BCUT2D eigenvalue weighted by Gasteiger charge is -2.09. The molecule has 0 aliphatic heterocycles. The van der Waals surface area contributed by atoms with Crippen molar-refractivity contribution in [3.05, 3.63) is 35.7 Å². The van der Waals surface area contributed by atoms with Crippen LogP contribution in [0.3, 0.4) is 0 Å². The highest BCUT2D eigenvalue weighted by atomic mass is 16.5. The van der Waals surface area contributed by atoms with E-state index in [1.807, 2.05) is 29.7 Å². The number of hydrogen-bond acceptors (Lipinski definition) is 4. The molecule has 5 nitrogen and oxygen atoms in total. The highest BCUT2D eigenvalue weighted by Gasteiger charge is 2.12. The summed E-state index contributed by atoms with van der Waals surface area (Å²) in [4.78, 5) is 0. The Labute approximate surface area is 106 Å². The summed E-state index contributed by atoms with van der Waals surface area (Å²) in [5.41, 5.74) is 2.16. The van der Waals surface area contributed by atoms with Gasteiger partial charge in [-0.2, -0.15) is 0 Å². The molecule has 18 heavy (non-hydrogen) atoms.